The highest BCUT2D eigenvalue weighted by molar-refractivity contribution is 5.78. The van der Waals surface area contributed by atoms with Crippen molar-refractivity contribution in [1.29, 1.82) is 0 Å². The van der Waals surface area contributed by atoms with E-state index in [4.69, 9.17) is 0 Å². The summed E-state index contributed by atoms with van der Waals surface area (Å²) in [6.45, 7) is 0. The molecule has 0 heterocycles. The second kappa shape index (κ2) is 5.75. The van der Waals surface area contributed by atoms with Crippen LogP contribution in [0.15, 0.2) is 54.6 Å². The molecule has 2 aromatic carbocycles. The molecular formula is C14H15AlN. The zero-order chi connectivity index (χ0) is 10.7. The maximum Gasteiger partial charge on any atom is 0.0440 e. The Bertz CT molecular complexity index is 437. The summed E-state index contributed by atoms with van der Waals surface area (Å²) >= 11 is 0. The van der Waals surface area contributed by atoms with Crippen LogP contribution in [0.3, 0.4) is 0 Å². The number of rotatable bonds is 2. The molecule has 2 heteroatoms. The van der Waals surface area contributed by atoms with Crippen molar-refractivity contribution in [3.05, 3.63) is 54.6 Å². The van der Waals surface area contributed by atoms with Crippen molar-refractivity contribution in [2.45, 2.75) is 0 Å². The van der Waals surface area contributed by atoms with E-state index in [-0.39, 0.29) is 17.4 Å². The standard InChI is InChI=1S/C14H15N.Al/c1-15(2)14-11-7-6-10-13(14)12-8-4-3-5-9-12;/h3-11H,1-2H3;. The predicted molar refractivity (Wildman–Crippen MR) is 72.0 cm³/mol. The number of benzene rings is 2. The van der Waals surface area contributed by atoms with Gasteiger partial charge in [0.15, 0.2) is 0 Å². The van der Waals surface area contributed by atoms with E-state index >= 15 is 0 Å². The summed E-state index contributed by atoms with van der Waals surface area (Å²) in [5, 5.41) is 0. The summed E-state index contributed by atoms with van der Waals surface area (Å²) in [6, 6.07) is 18.9. The fourth-order valence-electron chi connectivity index (χ4n) is 1.73. The van der Waals surface area contributed by atoms with E-state index in [1.807, 2.05) is 6.07 Å². The van der Waals surface area contributed by atoms with E-state index in [0.717, 1.165) is 0 Å². The number of anilines is 1. The Hall–Kier alpha value is -1.23. The Morgan fingerprint density at radius 3 is 1.94 bits per heavy atom. The van der Waals surface area contributed by atoms with Crippen molar-refractivity contribution in [1.82, 2.24) is 0 Å². The summed E-state index contributed by atoms with van der Waals surface area (Å²) in [5.41, 5.74) is 3.80. The molecule has 0 bridgehead atoms. The van der Waals surface area contributed by atoms with Crippen molar-refractivity contribution in [3.63, 3.8) is 0 Å². The van der Waals surface area contributed by atoms with E-state index in [9.17, 15) is 0 Å². The number of hydrogen-bond donors (Lipinski definition) is 0. The minimum absolute atomic E-state index is 0. The summed E-state index contributed by atoms with van der Waals surface area (Å²) in [5.74, 6) is 0. The Morgan fingerprint density at radius 2 is 1.31 bits per heavy atom. The van der Waals surface area contributed by atoms with Crippen LogP contribution in [0.2, 0.25) is 0 Å². The van der Waals surface area contributed by atoms with Gasteiger partial charge in [0.25, 0.3) is 0 Å². The van der Waals surface area contributed by atoms with Crippen LogP contribution in [-0.2, 0) is 0 Å². The second-order valence-corrected chi connectivity index (χ2v) is 3.78. The van der Waals surface area contributed by atoms with Gasteiger partial charge in [0.05, 0.1) is 0 Å². The third kappa shape index (κ3) is 2.67. The largest absolute Gasteiger partial charge is 0.377 e. The van der Waals surface area contributed by atoms with Crippen LogP contribution in [-0.4, -0.2) is 31.5 Å². The molecule has 2 aromatic rings. The van der Waals surface area contributed by atoms with Gasteiger partial charge in [0.2, 0.25) is 0 Å². The molecular weight excluding hydrogens is 209 g/mol. The fraction of sp³-hybridized carbons (Fsp3) is 0.143. The average Bonchev–Trinajstić information content (AvgIpc) is 2.30. The van der Waals surface area contributed by atoms with Crippen LogP contribution in [0.1, 0.15) is 0 Å². The Labute approximate surface area is 108 Å². The normalized spacial score (nSPS) is 9.38. The van der Waals surface area contributed by atoms with Crippen molar-refractivity contribution < 1.29 is 0 Å². The minimum atomic E-state index is 0. The van der Waals surface area contributed by atoms with E-state index in [1.165, 1.54) is 16.8 Å². The molecule has 0 spiro atoms. The van der Waals surface area contributed by atoms with Crippen molar-refractivity contribution in [2.24, 2.45) is 0 Å². The van der Waals surface area contributed by atoms with Gasteiger partial charge in [0, 0.05) is 42.7 Å². The monoisotopic (exact) mass is 224 g/mol. The molecule has 0 saturated heterocycles. The first-order chi connectivity index (χ1) is 7.29. The number of para-hydroxylation sites is 1. The molecule has 0 atom stereocenters. The van der Waals surface area contributed by atoms with Gasteiger partial charge < -0.3 is 4.90 Å². The highest BCUT2D eigenvalue weighted by Gasteiger charge is 2.04. The molecule has 0 aliphatic carbocycles. The van der Waals surface area contributed by atoms with Crippen LogP contribution in [0.4, 0.5) is 5.69 Å². The van der Waals surface area contributed by atoms with Crippen LogP contribution < -0.4 is 4.90 Å². The molecule has 3 radical (unpaired) electrons. The van der Waals surface area contributed by atoms with Gasteiger partial charge in [-0.3, -0.25) is 0 Å². The van der Waals surface area contributed by atoms with E-state index < -0.39 is 0 Å². The zero-order valence-corrected chi connectivity index (χ0v) is 10.9. The molecule has 0 aliphatic rings. The van der Waals surface area contributed by atoms with E-state index in [0.29, 0.717) is 0 Å². The SMILES string of the molecule is CN(C)c1ccccc1-c1ccccc1.[Al]. The van der Waals surface area contributed by atoms with E-state index in [2.05, 4.69) is 67.5 Å². The molecule has 0 fully saturated rings. The van der Waals surface area contributed by atoms with Crippen LogP contribution in [0.5, 0.6) is 0 Å². The number of nitrogens with zero attached hydrogens (tertiary/aromatic N) is 1. The zero-order valence-electron chi connectivity index (χ0n) is 9.72. The lowest BCUT2D eigenvalue weighted by Crippen LogP contribution is -2.09. The molecule has 1 nitrogen and oxygen atoms in total. The lowest BCUT2D eigenvalue weighted by molar-refractivity contribution is 1.13. The number of hydrogen-bond acceptors (Lipinski definition) is 1. The molecule has 0 aromatic heterocycles. The van der Waals surface area contributed by atoms with Gasteiger partial charge >= 0.3 is 0 Å². The lowest BCUT2D eigenvalue weighted by Gasteiger charge is -2.17. The van der Waals surface area contributed by atoms with Crippen LogP contribution in [0, 0.1) is 0 Å². The first-order valence-electron chi connectivity index (χ1n) is 5.11. The first-order valence-corrected chi connectivity index (χ1v) is 5.11. The molecule has 0 aliphatic heterocycles. The maximum absolute atomic E-state index is 2.16. The quantitative estimate of drug-likeness (QED) is 0.709. The van der Waals surface area contributed by atoms with Crippen molar-refractivity contribution in [3.8, 4) is 11.1 Å². The van der Waals surface area contributed by atoms with Gasteiger partial charge in [-0.2, -0.15) is 0 Å². The van der Waals surface area contributed by atoms with Crippen LogP contribution >= 0.6 is 0 Å². The van der Waals surface area contributed by atoms with Gasteiger partial charge in [0.1, 0.15) is 0 Å². The summed E-state index contributed by atoms with van der Waals surface area (Å²) in [6.07, 6.45) is 0. The maximum atomic E-state index is 2.16. The van der Waals surface area contributed by atoms with Gasteiger partial charge in [-0.25, -0.2) is 0 Å². The second-order valence-electron chi connectivity index (χ2n) is 3.78. The molecule has 0 saturated carbocycles. The third-order valence-electron chi connectivity index (χ3n) is 2.47. The van der Waals surface area contributed by atoms with Crippen LogP contribution in [0.25, 0.3) is 11.1 Å². The molecule has 0 unspecified atom stereocenters. The summed E-state index contributed by atoms with van der Waals surface area (Å²) < 4.78 is 0. The van der Waals surface area contributed by atoms with Gasteiger partial charge in [-0.1, -0.05) is 48.5 Å². The Kier molecular flexibility index (Phi) is 4.61. The average molecular weight is 224 g/mol. The van der Waals surface area contributed by atoms with Crippen molar-refractivity contribution >= 4 is 23.0 Å². The first kappa shape index (κ1) is 12.8. The molecule has 2 rings (SSSR count). The molecule has 0 N–H and O–H groups in total. The highest BCUT2D eigenvalue weighted by Crippen LogP contribution is 2.28. The molecule has 79 valence electrons. The summed E-state index contributed by atoms with van der Waals surface area (Å²) in [7, 11) is 4.14. The Balaban J connectivity index is 0.00000128. The predicted octanol–water partition coefficient (Wildman–Crippen LogP) is 3.04. The lowest BCUT2D eigenvalue weighted by atomic mass is 10.0. The molecule has 16 heavy (non-hydrogen) atoms. The smallest absolute Gasteiger partial charge is 0.0440 e. The fourth-order valence-corrected chi connectivity index (χ4v) is 1.73. The third-order valence-corrected chi connectivity index (χ3v) is 2.47. The molecule has 0 amide bonds. The highest BCUT2D eigenvalue weighted by atomic mass is 27.0. The topological polar surface area (TPSA) is 3.24 Å². The van der Waals surface area contributed by atoms with Crippen molar-refractivity contribution in [2.75, 3.05) is 19.0 Å². The summed E-state index contributed by atoms with van der Waals surface area (Å²) in [4.78, 5) is 2.14. The Morgan fingerprint density at radius 1 is 0.750 bits per heavy atom. The van der Waals surface area contributed by atoms with Gasteiger partial charge in [-0.15, -0.1) is 0 Å². The van der Waals surface area contributed by atoms with E-state index in [1.54, 1.807) is 0 Å². The van der Waals surface area contributed by atoms with Gasteiger partial charge in [-0.05, 0) is 11.6 Å². The minimum Gasteiger partial charge on any atom is -0.377 e.